The number of thioether (sulfide) groups is 1. The van der Waals surface area contributed by atoms with Gasteiger partial charge in [-0.3, -0.25) is 5.10 Å². The normalized spacial score (nSPS) is 11.6. The first kappa shape index (κ1) is 23.8. The molecule has 7 nitrogen and oxygen atoms in total. The van der Waals surface area contributed by atoms with Crippen LogP contribution in [-0.4, -0.2) is 33.4 Å². The predicted octanol–water partition coefficient (Wildman–Crippen LogP) is 6.09. The van der Waals surface area contributed by atoms with E-state index in [1.165, 1.54) is 0 Å². The monoisotopic (exact) mass is 539 g/mol. The number of benzene rings is 3. The second kappa shape index (κ2) is 10.8. The van der Waals surface area contributed by atoms with Crippen molar-refractivity contribution in [2.75, 3.05) is 7.11 Å². The molecule has 9 heteroatoms. The number of hydrogen-bond acceptors (Lipinski definition) is 6. The second-order valence-electron chi connectivity index (χ2n) is 7.30. The van der Waals surface area contributed by atoms with Gasteiger partial charge in [-0.2, -0.15) is 0 Å². The molecule has 3 aromatic carbocycles. The number of carboxylic acids is 1. The Labute approximate surface area is 209 Å². The summed E-state index contributed by atoms with van der Waals surface area (Å²) in [7, 11) is 1.55. The molecule has 0 fully saturated rings. The third kappa shape index (κ3) is 5.43. The Morgan fingerprint density at radius 1 is 1.21 bits per heavy atom. The van der Waals surface area contributed by atoms with Crippen molar-refractivity contribution in [1.82, 2.24) is 15.2 Å². The third-order valence-corrected chi connectivity index (χ3v) is 6.53. The molecule has 0 unspecified atom stereocenters. The molecule has 174 valence electrons. The van der Waals surface area contributed by atoms with Crippen LogP contribution in [0.1, 0.15) is 23.9 Å². The maximum atomic E-state index is 11.8. The number of fused-ring (bicyclic) bond motifs is 1. The summed E-state index contributed by atoms with van der Waals surface area (Å²) in [6.07, 6.45) is 2.24. The highest BCUT2D eigenvalue weighted by Gasteiger charge is 2.16. The molecule has 0 radical (unpaired) electrons. The number of aliphatic carboxylic acids is 1. The molecule has 0 saturated heterocycles. The largest absolute Gasteiger partial charge is 0.493 e. The number of nitrogens with one attached hydrogen (secondary N) is 1. The van der Waals surface area contributed by atoms with Crippen molar-refractivity contribution >= 4 is 50.5 Å². The van der Waals surface area contributed by atoms with E-state index < -0.39 is 5.97 Å². The molecule has 1 aromatic heterocycles. The van der Waals surface area contributed by atoms with E-state index in [0.29, 0.717) is 45.5 Å². The van der Waals surface area contributed by atoms with Crippen LogP contribution in [-0.2, 0) is 17.8 Å². The van der Waals surface area contributed by atoms with Crippen LogP contribution < -0.4 is 9.47 Å². The standard InChI is InChI=1S/C25H22BrN3O4S/c1-3-22-27-25(29-28-22)34-21(24(30)31)13-15-11-19(26)23(20(12-15)32-2)33-14-17-9-6-8-16-7-4-5-10-18(16)17/h4-13H,3,14H2,1-2H3,(H,30,31)(H,27,28,29)/b21-13-. The molecular weight excluding hydrogens is 518 g/mol. The summed E-state index contributed by atoms with van der Waals surface area (Å²) >= 11 is 4.53. The van der Waals surface area contributed by atoms with Crippen LogP contribution in [0.2, 0.25) is 0 Å². The molecule has 0 aliphatic heterocycles. The maximum Gasteiger partial charge on any atom is 0.342 e. The lowest BCUT2D eigenvalue weighted by Gasteiger charge is -2.15. The van der Waals surface area contributed by atoms with Gasteiger partial charge in [-0.1, -0.05) is 49.4 Å². The first-order valence-electron chi connectivity index (χ1n) is 10.5. The summed E-state index contributed by atoms with van der Waals surface area (Å²) in [6.45, 7) is 2.29. The molecule has 34 heavy (non-hydrogen) atoms. The predicted molar refractivity (Wildman–Crippen MR) is 136 cm³/mol. The molecule has 4 rings (SSSR count). The molecule has 1 heterocycles. The smallest absolute Gasteiger partial charge is 0.342 e. The molecule has 0 amide bonds. The number of carbonyl (C=O) groups is 1. The number of H-pyrrole nitrogens is 1. The average molecular weight is 540 g/mol. The summed E-state index contributed by atoms with van der Waals surface area (Å²) in [5, 5.41) is 19.2. The van der Waals surface area contributed by atoms with Gasteiger partial charge in [-0.15, -0.1) is 5.10 Å². The van der Waals surface area contributed by atoms with Gasteiger partial charge >= 0.3 is 5.97 Å². The summed E-state index contributed by atoms with van der Waals surface area (Å²) < 4.78 is 12.3. The SMILES string of the molecule is CCc1nc(S/C(=C\c2cc(Br)c(OCc3cccc4ccccc34)c(OC)c2)C(=O)O)n[nH]1. The number of ether oxygens (including phenoxy) is 2. The highest BCUT2D eigenvalue weighted by atomic mass is 79.9. The van der Waals surface area contributed by atoms with Crippen molar-refractivity contribution in [3.05, 3.63) is 80.9 Å². The van der Waals surface area contributed by atoms with Gasteiger partial charge in [-0.05, 0) is 67.8 Å². The fourth-order valence-electron chi connectivity index (χ4n) is 3.40. The number of hydrogen-bond donors (Lipinski definition) is 2. The van der Waals surface area contributed by atoms with E-state index in [0.717, 1.165) is 28.1 Å². The molecule has 2 N–H and O–H groups in total. The first-order chi connectivity index (χ1) is 16.5. The summed E-state index contributed by atoms with van der Waals surface area (Å²) in [6, 6.07) is 17.8. The van der Waals surface area contributed by atoms with Crippen LogP contribution in [0, 0.1) is 0 Å². The summed E-state index contributed by atoms with van der Waals surface area (Å²) in [5.41, 5.74) is 1.69. The van der Waals surface area contributed by atoms with E-state index in [4.69, 9.17) is 9.47 Å². The number of methoxy groups -OCH3 is 1. The number of carboxylic acid groups (broad SMARTS) is 1. The number of aromatic nitrogens is 3. The minimum absolute atomic E-state index is 0.0834. The highest BCUT2D eigenvalue weighted by molar-refractivity contribution is 9.10. The van der Waals surface area contributed by atoms with Gasteiger partial charge in [-0.25, -0.2) is 9.78 Å². The van der Waals surface area contributed by atoms with E-state index in [-0.39, 0.29) is 4.91 Å². The lowest BCUT2D eigenvalue weighted by molar-refractivity contribution is -0.131. The molecule has 0 aliphatic rings. The van der Waals surface area contributed by atoms with Gasteiger partial charge in [0, 0.05) is 6.42 Å². The minimum atomic E-state index is -1.07. The van der Waals surface area contributed by atoms with Gasteiger partial charge < -0.3 is 14.6 Å². The molecule has 0 atom stereocenters. The van der Waals surface area contributed by atoms with Gasteiger partial charge in [0.05, 0.1) is 11.6 Å². The average Bonchev–Trinajstić information content (AvgIpc) is 3.30. The van der Waals surface area contributed by atoms with Gasteiger partial charge in [0.25, 0.3) is 0 Å². The van der Waals surface area contributed by atoms with Crippen molar-refractivity contribution in [3.63, 3.8) is 0 Å². The summed E-state index contributed by atoms with van der Waals surface area (Å²) in [4.78, 5) is 16.2. The molecule has 4 aromatic rings. The molecular formula is C25H22BrN3O4S. The molecule has 0 spiro atoms. The Bertz CT molecular complexity index is 1360. The minimum Gasteiger partial charge on any atom is -0.493 e. The van der Waals surface area contributed by atoms with E-state index in [9.17, 15) is 9.90 Å². The number of rotatable bonds is 9. The van der Waals surface area contributed by atoms with Crippen molar-refractivity contribution in [1.29, 1.82) is 0 Å². The van der Waals surface area contributed by atoms with Crippen molar-refractivity contribution < 1.29 is 19.4 Å². The molecule has 0 saturated carbocycles. The van der Waals surface area contributed by atoms with Crippen LogP contribution >= 0.6 is 27.7 Å². The van der Waals surface area contributed by atoms with Crippen LogP contribution in [0.3, 0.4) is 0 Å². The first-order valence-corrected chi connectivity index (χ1v) is 12.1. The van der Waals surface area contributed by atoms with Gasteiger partial charge in [0.2, 0.25) is 5.16 Å². The van der Waals surface area contributed by atoms with Crippen molar-refractivity contribution in [2.24, 2.45) is 0 Å². The van der Waals surface area contributed by atoms with E-state index in [1.54, 1.807) is 25.3 Å². The fourth-order valence-corrected chi connectivity index (χ4v) is 4.70. The van der Waals surface area contributed by atoms with Gasteiger partial charge in [0.15, 0.2) is 11.5 Å². The van der Waals surface area contributed by atoms with Crippen molar-refractivity contribution in [3.8, 4) is 11.5 Å². The number of halogens is 1. The quantitative estimate of drug-likeness (QED) is 0.196. The van der Waals surface area contributed by atoms with Crippen LogP contribution in [0.4, 0.5) is 0 Å². The van der Waals surface area contributed by atoms with Crippen molar-refractivity contribution in [2.45, 2.75) is 25.1 Å². The lowest BCUT2D eigenvalue weighted by atomic mass is 10.1. The van der Waals surface area contributed by atoms with Crippen LogP contribution in [0.15, 0.2) is 69.1 Å². The number of aryl methyl sites for hydroxylation is 1. The summed E-state index contributed by atoms with van der Waals surface area (Å²) in [5.74, 6) is 0.656. The molecule has 0 bridgehead atoms. The lowest BCUT2D eigenvalue weighted by Crippen LogP contribution is -2.00. The number of aromatic amines is 1. The third-order valence-electron chi connectivity index (χ3n) is 5.06. The maximum absolute atomic E-state index is 11.8. The zero-order valence-electron chi connectivity index (χ0n) is 18.5. The van der Waals surface area contributed by atoms with Crippen LogP contribution in [0.5, 0.6) is 11.5 Å². The Balaban J connectivity index is 1.59. The zero-order chi connectivity index (χ0) is 24.1. The van der Waals surface area contributed by atoms with Gasteiger partial charge in [0.1, 0.15) is 17.3 Å². The Morgan fingerprint density at radius 3 is 2.74 bits per heavy atom. The highest BCUT2D eigenvalue weighted by Crippen LogP contribution is 2.39. The van der Waals surface area contributed by atoms with E-state index in [2.05, 4.69) is 49.3 Å². The Morgan fingerprint density at radius 2 is 2.00 bits per heavy atom. The number of nitrogens with zero attached hydrogens (tertiary/aromatic N) is 2. The Hall–Kier alpha value is -3.30. The Kier molecular flexibility index (Phi) is 7.54. The molecule has 0 aliphatic carbocycles. The fraction of sp³-hybridized carbons (Fsp3) is 0.160. The van der Waals surface area contributed by atoms with Crippen LogP contribution in [0.25, 0.3) is 16.8 Å². The van der Waals surface area contributed by atoms with E-state index >= 15 is 0 Å². The zero-order valence-corrected chi connectivity index (χ0v) is 20.9. The second-order valence-corrected chi connectivity index (χ2v) is 9.16. The topological polar surface area (TPSA) is 97.3 Å². The van der Waals surface area contributed by atoms with E-state index in [1.807, 2.05) is 31.2 Å².